The first-order valence-corrected chi connectivity index (χ1v) is 5.31. The van der Waals surface area contributed by atoms with E-state index in [1.165, 1.54) is 12.3 Å². The molecule has 1 heterocycles. The summed E-state index contributed by atoms with van der Waals surface area (Å²) in [5.41, 5.74) is 5.51. The van der Waals surface area contributed by atoms with Crippen LogP contribution in [-0.4, -0.2) is 22.5 Å². The zero-order chi connectivity index (χ0) is 12.0. The third-order valence-corrected chi connectivity index (χ3v) is 2.43. The first kappa shape index (κ1) is 12.4. The molecule has 0 aliphatic rings. The molecule has 5 nitrogen and oxygen atoms in total. The van der Waals surface area contributed by atoms with Gasteiger partial charge in [-0.05, 0) is 24.6 Å². The molecule has 1 amide bonds. The van der Waals surface area contributed by atoms with E-state index in [-0.39, 0.29) is 23.4 Å². The molecule has 1 aromatic rings. The van der Waals surface area contributed by atoms with Gasteiger partial charge in [0.05, 0.1) is 0 Å². The standard InChI is InChI=1S/C11H17N3O2/c1-2-8(7-12)6-10(16)14-11-9(15)4-3-5-13-11/h3-5,8,15H,2,6-7,12H2,1H3,(H,13,14,16). The summed E-state index contributed by atoms with van der Waals surface area (Å²) >= 11 is 0. The largest absolute Gasteiger partial charge is 0.504 e. The monoisotopic (exact) mass is 223 g/mol. The minimum Gasteiger partial charge on any atom is -0.504 e. The smallest absolute Gasteiger partial charge is 0.225 e. The maximum Gasteiger partial charge on any atom is 0.225 e. The highest BCUT2D eigenvalue weighted by molar-refractivity contribution is 5.91. The predicted molar refractivity (Wildman–Crippen MR) is 62.0 cm³/mol. The van der Waals surface area contributed by atoms with Crippen LogP contribution < -0.4 is 11.1 Å². The Bertz CT molecular complexity index is 351. The van der Waals surface area contributed by atoms with Crippen molar-refractivity contribution in [3.05, 3.63) is 18.3 Å². The molecule has 1 aromatic heterocycles. The normalized spacial score (nSPS) is 12.1. The van der Waals surface area contributed by atoms with Crippen molar-refractivity contribution in [1.29, 1.82) is 0 Å². The second kappa shape index (κ2) is 6.07. The van der Waals surface area contributed by atoms with Gasteiger partial charge in [0.25, 0.3) is 0 Å². The van der Waals surface area contributed by atoms with Crippen molar-refractivity contribution >= 4 is 11.7 Å². The van der Waals surface area contributed by atoms with Crippen LogP contribution in [0.25, 0.3) is 0 Å². The zero-order valence-corrected chi connectivity index (χ0v) is 9.31. The van der Waals surface area contributed by atoms with Crippen molar-refractivity contribution in [3.8, 4) is 5.75 Å². The Labute approximate surface area is 94.7 Å². The molecule has 0 bridgehead atoms. The van der Waals surface area contributed by atoms with Crippen LogP contribution in [0.15, 0.2) is 18.3 Å². The summed E-state index contributed by atoms with van der Waals surface area (Å²) in [7, 11) is 0. The Hall–Kier alpha value is -1.62. The van der Waals surface area contributed by atoms with Gasteiger partial charge in [0.15, 0.2) is 11.6 Å². The molecule has 0 fully saturated rings. The number of carbonyl (C=O) groups is 1. The number of aromatic nitrogens is 1. The maximum atomic E-state index is 11.6. The number of nitrogens with zero attached hydrogens (tertiary/aromatic N) is 1. The van der Waals surface area contributed by atoms with E-state index >= 15 is 0 Å². The lowest BCUT2D eigenvalue weighted by molar-refractivity contribution is -0.117. The minimum absolute atomic E-state index is 0.0309. The lowest BCUT2D eigenvalue weighted by Gasteiger charge is -2.11. The number of nitrogens with two attached hydrogens (primary N) is 1. The summed E-state index contributed by atoms with van der Waals surface area (Å²) in [6, 6.07) is 3.07. The molecule has 0 aliphatic heterocycles. The van der Waals surface area contributed by atoms with Gasteiger partial charge < -0.3 is 16.2 Å². The summed E-state index contributed by atoms with van der Waals surface area (Å²) in [5, 5.41) is 12.0. The fourth-order valence-electron chi connectivity index (χ4n) is 1.33. The van der Waals surface area contributed by atoms with Gasteiger partial charge in [-0.3, -0.25) is 4.79 Å². The molecule has 16 heavy (non-hydrogen) atoms. The topological polar surface area (TPSA) is 88.2 Å². The van der Waals surface area contributed by atoms with E-state index in [1.54, 1.807) is 6.07 Å². The first-order valence-electron chi connectivity index (χ1n) is 5.31. The molecular weight excluding hydrogens is 206 g/mol. The van der Waals surface area contributed by atoms with Crippen molar-refractivity contribution in [2.45, 2.75) is 19.8 Å². The maximum absolute atomic E-state index is 11.6. The van der Waals surface area contributed by atoms with Crippen LogP contribution in [0.1, 0.15) is 19.8 Å². The Morgan fingerprint density at radius 3 is 3.00 bits per heavy atom. The molecule has 0 aromatic carbocycles. The molecule has 1 unspecified atom stereocenters. The highest BCUT2D eigenvalue weighted by atomic mass is 16.3. The quantitative estimate of drug-likeness (QED) is 0.697. The number of amides is 1. The van der Waals surface area contributed by atoms with E-state index in [0.29, 0.717) is 13.0 Å². The van der Waals surface area contributed by atoms with Gasteiger partial charge in [-0.1, -0.05) is 13.3 Å². The van der Waals surface area contributed by atoms with Crippen LogP contribution in [-0.2, 0) is 4.79 Å². The van der Waals surface area contributed by atoms with Crippen molar-refractivity contribution in [1.82, 2.24) is 4.98 Å². The lowest BCUT2D eigenvalue weighted by Crippen LogP contribution is -2.22. The van der Waals surface area contributed by atoms with E-state index in [1.807, 2.05) is 6.92 Å². The fourth-order valence-corrected chi connectivity index (χ4v) is 1.33. The summed E-state index contributed by atoms with van der Waals surface area (Å²) < 4.78 is 0. The van der Waals surface area contributed by atoms with Crippen LogP contribution in [0.2, 0.25) is 0 Å². The van der Waals surface area contributed by atoms with E-state index < -0.39 is 0 Å². The lowest BCUT2D eigenvalue weighted by atomic mass is 10.0. The second-order valence-corrected chi connectivity index (χ2v) is 3.63. The molecule has 1 atom stereocenters. The van der Waals surface area contributed by atoms with Crippen LogP contribution in [0.5, 0.6) is 5.75 Å². The van der Waals surface area contributed by atoms with Crippen molar-refractivity contribution < 1.29 is 9.90 Å². The summed E-state index contributed by atoms with van der Waals surface area (Å²) in [5.74, 6) is 0.160. The molecule has 0 radical (unpaired) electrons. The van der Waals surface area contributed by atoms with Gasteiger partial charge >= 0.3 is 0 Å². The molecule has 88 valence electrons. The van der Waals surface area contributed by atoms with Crippen LogP contribution in [0.3, 0.4) is 0 Å². The Balaban J connectivity index is 2.55. The molecule has 0 saturated heterocycles. The van der Waals surface area contributed by atoms with Crippen molar-refractivity contribution in [3.63, 3.8) is 0 Å². The van der Waals surface area contributed by atoms with E-state index in [0.717, 1.165) is 6.42 Å². The number of pyridine rings is 1. The van der Waals surface area contributed by atoms with Crippen molar-refractivity contribution in [2.75, 3.05) is 11.9 Å². The third-order valence-electron chi connectivity index (χ3n) is 2.43. The summed E-state index contributed by atoms with van der Waals surface area (Å²) in [6.45, 7) is 2.47. The fraction of sp³-hybridized carbons (Fsp3) is 0.455. The molecule has 1 rings (SSSR count). The number of aromatic hydroxyl groups is 1. The SMILES string of the molecule is CCC(CN)CC(=O)Nc1ncccc1O. The molecule has 5 heteroatoms. The number of anilines is 1. The number of hydrogen-bond donors (Lipinski definition) is 3. The highest BCUT2D eigenvalue weighted by Crippen LogP contribution is 2.19. The predicted octanol–water partition coefficient (Wildman–Crippen LogP) is 1.10. The highest BCUT2D eigenvalue weighted by Gasteiger charge is 2.12. The average Bonchev–Trinajstić information content (AvgIpc) is 2.29. The molecule has 0 aliphatic carbocycles. The van der Waals surface area contributed by atoms with Gasteiger partial charge in [0.2, 0.25) is 5.91 Å². The van der Waals surface area contributed by atoms with Crippen LogP contribution in [0.4, 0.5) is 5.82 Å². The van der Waals surface area contributed by atoms with Gasteiger partial charge in [0.1, 0.15) is 0 Å². The van der Waals surface area contributed by atoms with Crippen LogP contribution in [0, 0.1) is 5.92 Å². The van der Waals surface area contributed by atoms with E-state index in [2.05, 4.69) is 10.3 Å². The Morgan fingerprint density at radius 2 is 2.44 bits per heavy atom. The molecule has 4 N–H and O–H groups in total. The van der Waals surface area contributed by atoms with E-state index in [9.17, 15) is 9.90 Å². The van der Waals surface area contributed by atoms with E-state index in [4.69, 9.17) is 5.73 Å². The number of nitrogens with one attached hydrogen (secondary N) is 1. The van der Waals surface area contributed by atoms with Gasteiger partial charge in [0, 0.05) is 12.6 Å². The number of carbonyl (C=O) groups excluding carboxylic acids is 1. The number of rotatable bonds is 5. The van der Waals surface area contributed by atoms with Gasteiger partial charge in [-0.2, -0.15) is 0 Å². The summed E-state index contributed by atoms with van der Waals surface area (Å²) in [4.78, 5) is 15.4. The average molecular weight is 223 g/mol. The number of hydrogen-bond acceptors (Lipinski definition) is 4. The molecule has 0 spiro atoms. The van der Waals surface area contributed by atoms with Gasteiger partial charge in [-0.15, -0.1) is 0 Å². The Morgan fingerprint density at radius 1 is 1.69 bits per heavy atom. The van der Waals surface area contributed by atoms with Gasteiger partial charge in [-0.25, -0.2) is 4.98 Å². The van der Waals surface area contributed by atoms with Crippen molar-refractivity contribution in [2.24, 2.45) is 11.7 Å². The van der Waals surface area contributed by atoms with Crippen LogP contribution >= 0.6 is 0 Å². The molecular formula is C11H17N3O2. The third kappa shape index (κ3) is 3.51. The molecule has 0 saturated carbocycles. The second-order valence-electron chi connectivity index (χ2n) is 3.63. The minimum atomic E-state index is -0.175. The zero-order valence-electron chi connectivity index (χ0n) is 9.31. The first-order chi connectivity index (χ1) is 7.67. The Kier molecular flexibility index (Phi) is 4.72. The summed E-state index contributed by atoms with van der Waals surface area (Å²) in [6.07, 6.45) is 2.72.